The monoisotopic (exact) mass is 388 g/mol. The number of amides is 1. The normalized spacial score (nSPS) is 18.4. The Kier molecular flexibility index (Phi) is 8.28. The van der Waals surface area contributed by atoms with Crippen LogP contribution in [0.15, 0.2) is 0 Å². The maximum absolute atomic E-state index is 10.6. The number of halogens is 1. The van der Waals surface area contributed by atoms with E-state index >= 15 is 0 Å². The standard InChI is InChI=1S/C5H7N3O5.C3H5N3O4.CH4.ClH/c1-4(9)6-2-5(3-6,7(10)11)8(12)13;7-5(8)3(6(9)10)1-4-2-3;;/h2-3H2,1H3;4H,1-2H2;1H4;1H. The second-order valence-corrected chi connectivity index (χ2v) is 4.97. The van der Waals surface area contributed by atoms with Gasteiger partial charge in [0.05, 0.1) is 0 Å². The van der Waals surface area contributed by atoms with Crippen LogP contribution in [0.1, 0.15) is 14.4 Å². The maximum Gasteiger partial charge on any atom is 0.492 e. The van der Waals surface area contributed by atoms with Crippen LogP contribution < -0.4 is 5.32 Å². The molecule has 0 aromatic heterocycles. The molecule has 2 rings (SSSR count). The first kappa shape index (κ1) is 24.6. The summed E-state index contributed by atoms with van der Waals surface area (Å²) in [7, 11) is 0. The molecule has 0 radical (unpaired) electrons. The molecule has 0 saturated carbocycles. The van der Waals surface area contributed by atoms with Crippen molar-refractivity contribution in [2.24, 2.45) is 0 Å². The van der Waals surface area contributed by atoms with Crippen molar-refractivity contribution in [2.75, 3.05) is 26.2 Å². The Morgan fingerprint density at radius 2 is 1.20 bits per heavy atom. The summed E-state index contributed by atoms with van der Waals surface area (Å²) in [6, 6.07) is 0. The van der Waals surface area contributed by atoms with Gasteiger partial charge in [-0.05, 0) is 0 Å². The molecule has 2 aliphatic rings. The molecular formula is C9H17ClN6O9. The summed E-state index contributed by atoms with van der Waals surface area (Å²) in [6.07, 6.45) is 0. The van der Waals surface area contributed by atoms with E-state index in [0.717, 1.165) is 4.90 Å². The van der Waals surface area contributed by atoms with Gasteiger partial charge < -0.3 is 4.90 Å². The smallest absolute Gasteiger partial charge is 0.314 e. The Hall–Kier alpha value is -2.68. The second kappa shape index (κ2) is 8.43. The second-order valence-electron chi connectivity index (χ2n) is 4.97. The van der Waals surface area contributed by atoms with Crippen LogP contribution in [-0.2, 0) is 4.79 Å². The van der Waals surface area contributed by atoms with Crippen molar-refractivity contribution < 1.29 is 24.5 Å². The van der Waals surface area contributed by atoms with Gasteiger partial charge in [-0.2, -0.15) is 0 Å². The molecule has 0 bridgehead atoms. The van der Waals surface area contributed by atoms with Gasteiger partial charge in [0.1, 0.15) is 32.8 Å². The molecule has 2 aliphatic heterocycles. The Labute approximate surface area is 146 Å². The van der Waals surface area contributed by atoms with Crippen LogP contribution in [0.4, 0.5) is 0 Å². The van der Waals surface area contributed by atoms with Gasteiger partial charge in [-0.3, -0.25) is 50.6 Å². The van der Waals surface area contributed by atoms with Gasteiger partial charge in [0.2, 0.25) is 5.91 Å². The Morgan fingerprint density at radius 3 is 1.32 bits per heavy atom. The first-order valence-corrected chi connectivity index (χ1v) is 6.04. The number of hydrogen-bond acceptors (Lipinski definition) is 10. The van der Waals surface area contributed by atoms with Crippen LogP contribution >= 0.6 is 12.4 Å². The molecule has 144 valence electrons. The molecule has 0 aromatic rings. The van der Waals surface area contributed by atoms with Crippen molar-refractivity contribution in [2.45, 2.75) is 25.7 Å². The first-order chi connectivity index (χ1) is 10.5. The van der Waals surface area contributed by atoms with Gasteiger partial charge in [-0.25, -0.2) is 0 Å². The lowest BCUT2D eigenvalue weighted by molar-refractivity contribution is -0.809. The van der Waals surface area contributed by atoms with Crippen molar-refractivity contribution in [3.63, 3.8) is 0 Å². The number of nitro groups is 4. The minimum atomic E-state index is -2.17. The lowest BCUT2D eigenvalue weighted by Crippen LogP contribution is -2.71. The van der Waals surface area contributed by atoms with Gasteiger partial charge >= 0.3 is 11.3 Å². The lowest BCUT2D eigenvalue weighted by atomic mass is 10.0. The number of hydrogen-bond donors (Lipinski definition) is 1. The third-order valence-corrected chi connectivity index (χ3v) is 3.51. The van der Waals surface area contributed by atoms with E-state index in [9.17, 15) is 45.3 Å². The summed E-state index contributed by atoms with van der Waals surface area (Å²) in [5.74, 6) is -0.390. The maximum atomic E-state index is 10.6. The summed E-state index contributed by atoms with van der Waals surface area (Å²) >= 11 is 0. The largest absolute Gasteiger partial charge is 0.492 e. The van der Waals surface area contributed by atoms with E-state index in [1.807, 2.05) is 0 Å². The van der Waals surface area contributed by atoms with Crippen molar-refractivity contribution in [3.8, 4) is 0 Å². The number of rotatable bonds is 4. The number of carbonyl (C=O) groups excluding carboxylic acids is 1. The summed E-state index contributed by atoms with van der Waals surface area (Å²) < 4.78 is 0. The molecule has 25 heavy (non-hydrogen) atoms. The fraction of sp³-hybridized carbons (Fsp3) is 0.889. The molecule has 0 atom stereocenters. The minimum Gasteiger partial charge on any atom is -0.314 e. The minimum absolute atomic E-state index is 0. The highest BCUT2D eigenvalue weighted by Gasteiger charge is 2.67. The van der Waals surface area contributed by atoms with Crippen LogP contribution in [-0.4, -0.2) is 68.0 Å². The van der Waals surface area contributed by atoms with Crippen molar-refractivity contribution in [3.05, 3.63) is 40.5 Å². The predicted molar refractivity (Wildman–Crippen MR) is 82.5 cm³/mol. The number of likely N-dealkylation sites (tertiary alicyclic amines) is 1. The zero-order valence-electron chi connectivity index (χ0n) is 12.1. The van der Waals surface area contributed by atoms with Gasteiger partial charge in [0, 0.05) is 6.92 Å². The third-order valence-electron chi connectivity index (χ3n) is 3.51. The highest BCUT2D eigenvalue weighted by atomic mass is 35.5. The molecule has 2 fully saturated rings. The van der Waals surface area contributed by atoms with Gasteiger partial charge in [0.15, 0.2) is 13.1 Å². The van der Waals surface area contributed by atoms with E-state index in [1.165, 1.54) is 6.92 Å². The van der Waals surface area contributed by atoms with E-state index in [-0.39, 0.29) is 38.8 Å². The van der Waals surface area contributed by atoms with Gasteiger partial charge in [0.25, 0.3) is 0 Å². The van der Waals surface area contributed by atoms with Crippen LogP contribution in [0.5, 0.6) is 0 Å². The van der Waals surface area contributed by atoms with Crippen LogP contribution in [0, 0.1) is 40.5 Å². The molecule has 16 heteroatoms. The average Bonchev–Trinajstić information content (AvgIpc) is 2.22. The number of carbonyl (C=O) groups is 1. The zero-order valence-corrected chi connectivity index (χ0v) is 13.0. The number of nitrogens with one attached hydrogen (secondary N) is 1. The van der Waals surface area contributed by atoms with Gasteiger partial charge in [-0.1, -0.05) is 7.43 Å². The van der Waals surface area contributed by atoms with E-state index in [4.69, 9.17) is 0 Å². The first-order valence-electron chi connectivity index (χ1n) is 6.04. The van der Waals surface area contributed by atoms with Crippen LogP contribution in [0.2, 0.25) is 0 Å². The molecular weight excluding hydrogens is 372 g/mol. The Balaban J connectivity index is 0. The van der Waals surface area contributed by atoms with E-state index in [2.05, 4.69) is 5.32 Å². The topological polar surface area (TPSA) is 205 Å². The molecule has 0 unspecified atom stereocenters. The molecule has 2 saturated heterocycles. The average molecular weight is 389 g/mol. The SMILES string of the molecule is C.CC(=O)N1CC([N+](=O)[O-])([N+](=O)[O-])C1.Cl.O=[N+]([O-])C1([N+](=O)[O-])CNC1. The quantitative estimate of drug-likeness (QED) is 0.352. The van der Waals surface area contributed by atoms with Crippen molar-refractivity contribution >= 4 is 18.3 Å². The molecule has 1 N–H and O–H groups in total. The highest BCUT2D eigenvalue weighted by molar-refractivity contribution is 5.85. The predicted octanol–water partition coefficient (Wildman–Crippen LogP) is -1.00. The molecule has 0 aliphatic carbocycles. The van der Waals surface area contributed by atoms with Crippen LogP contribution in [0.3, 0.4) is 0 Å². The molecule has 1 amide bonds. The number of nitrogens with zero attached hydrogens (tertiary/aromatic N) is 5. The lowest BCUT2D eigenvalue weighted by Gasteiger charge is -2.35. The van der Waals surface area contributed by atoms with E-state index in [1.54, 1.807) is 0 Å². The van der Waals surface area contributed by atoms with Crippen LogP contribution in [0.25, 0.3) is 0 Å². The fourth-order valence-electron chi connectivity index (χ4n) is 1.76. The summed E-state index contributed by atoms with van der Waals surface area (Å²) in [5.41, 5.74) is -4.12. The van der Waals surface area contributed by atoms with Crippen molar-refractivity contribution in [1.82, 2.24) is 10.2 Å². The molecule has 2 heterocycles. The summed E-state index contributed by atoms with van der Waals surface area (Å²) in [6.45, 7) is -0.0194. The Morgan fingerprint density at radius 1 is 0.880 bits per heavy atom. The van der Waals surface area contributed by atoms with E-state index in [0.29, 0.717) is 0 Å². The molecule has 15 nitrogen and oxygen atoms in total. The van der Waals surface area contributed by atoms with E-state index < -0.39 is 44.1 Å². The zero-order chi connectivity index (χ0) is 18.0. The molecule has 0 spiro atoms. The molecule has 0 aromatic carbocycles. The fourth-order valence-corrected chi connectivity index (χ4v) is 1.76. The Bertz CT molecular complexity index is 542. The summed E-state index contributed by atoms with van der Waals surface area (Å²) in [4.78, 5) is 48.9. The summed E-state index contributed by atoms with van der Waals surface area (Å²) in [5, 5.41) is 43.3. The van der Waals surface area contributed by atoms with Gasteiger partial charge in [-0.15, -0.1) is 12.4 Å². The highest BCUT2D eigenvalue weighted by Crippen LogP contribution is 2.24. The van der Waals surface area contributed by atoms with Crippen molar-refractivity contribution in [1.29, 1.82) is 0 Å². The third kappa shape index (κ3) is 4.24.